The molecule has 6 heteroatoms. The Labute approximate surface area is 146 Å². The Bertz CT molecular complexity index is 764. The summed E-state index contributed by atoms with van der Waals surface area (Å²) in [6, 6.07) is 10.0. The van der Waals surface area contributed by atoms with Gasteiger partial charge in [0.25, 0.3) is 5.91 Å². The summed E-state index contributed by atoms with van der Waals surface area (Å²) in [7, 11) is 1.85. The summed E-state index contributed by atoms with van der Waals surface area (Å²) in [4.78, 5) is 31.0. The Kier molecular flexibility index (Phi) is 5.09. The Morgan fingerprint density at radius 1 is 1.28 bits per heavy atom. The number of benzene rings is 1. The van der Waals surface area contributed by atoms with Gasteiger partial charge in [-0.2, -0.15) is 0 Å². The molecule has 0 saturated carbocycles. The number of hydrogen-bond acceptors (Lipinski definition) is 4. The second-order valence-electron chi connectivity index (χ2n) is 6.09. The first kappa shape index (κ1) is 17.1. The number of pyridine rings is 1. The fraction of sp³-hybridized carbons (Fsp3) is 0.316. The van der Waals surface area contributed by atoms with Crippen LogP contribution in [0.25, 0.3) is 0 Å². The van der Waals surface area contributed by atoms with E-state index in [9.17, 15) is 14.7 Å². The van der Waals surface area contributed by atoms with Crippen molar-refractivity contribution in [1.29, 1.82) is 0 Å². The van der Waals surface area contributed by atoms with Crippen LogP contribution >= 0.6 is 0 Å². The predicted octanol–water partition coefficient (Wildman–Crippen LogP) is 2.06. The highest BCUT2D eigenvalue weighted by Crippen LogP contribution is 2.42. The van der Waals surface area contributed by atoms with E-state index in [4.69, 9.17) is 0 Å². The van der Waals surface area contributed by atoms with Crippen LogP contribution in [0.4, 0.5) is 0 Å². The Balaban J connectivity index is 2.11. The quantitative estimate of drug-likeness (QED) is 0.787. The monoisotopic (exact) mass is 339 g/mol. The highest BCUT2D eigenvalue weighted by molar-refractivity contribution is 6.00. The molecule has 1 aromatic carbocycles. The molecule has 0 fully saturated rings. The molecule has 6 nitrogen and oxygen atoms in total. The largest absolute Gasteiger partial charge is 0.481 e. The van der Waals surface area contributed by atoms with Crippen LogP contribution in [-0.2, 0) is 4.79 Å². The molecule has 0 radical (unpaired) electrons. The summed E-state index contributed by atoms with van der Waals surface area (Å²) in [5.74, 6) is -1.88. The average Bonchev–Trinajstić information content (AvgIpc) is 2.64. The van der Waals surface area contributed by atoms with Gasteiger partial charge in [0, 0.05) is 24.5 Å². The summed E-state index contributed by atoms with van der Waals surface area (Å²) in [6.07, 6.45) is 4.03. The topological polar surface area (TPSA) is 82.5 Å². The lowest BCUT2D eigenvalue weighted by Crippen LogP contribution is -2.45. The van der Waals surface area contributed by atoms with E-state index in [1.807, 2.05) is 13.1 Å². The molecule has 2 heterocycles. The van der Waals surface area contributed by atoms with E-state index in [0.29, 0.717) is 17.7 Å². The SMILES string of the molecule is CNCCCN1C(=O)c2ccccc2[C@H](C(=O)O)[C@H]1c1cccnc1. The molecule has 1 amide bonds. The summed E-state index contributed by atoms with van der Waals surface area (Å²) in [5, 5.41) is 13.0. The first-order chi connectivity index (χ1) is 12.1. The van der Waals surface area contributed by atoms with Crippen LogP contribution < -0.4 is 5.32 Å². The second-order valence-corrected chi connectivity index (χ2v) is 6.09. The van der Waals surface area contributed by atoms with Crippen molar-refractivity contribution in [3.8, 4) is 0 Å². The minimum absolute atomic E-state index is 0.127. The molecule has 130 valence electrons. The van der Waals surface area contributed by atoms with Crippen LogP contribution in [0.15, 0.2) is 48.8 Å². The maximum Gasteiger partial charge on any atom is 0.313 e. The molecule has 1 aromatic heterocycles. The van der Waals surface area contributed by atoms with Gasteiger partial charge in [-0.1, -0.05) is 24.3 Å². The van der Waals surface area contributed by atoms with Crippen molar-refractivity contribution in [1.82, 2.24) is 15.2 Å². The lowest BCUT2D eigenvalue weighted by atomic mass is 9.80. The smallest absolute Gasteiger partial charge is 0.313 e. The number of aliphatic carboxylic acids is 1. The maximum atomic E-state index is 13.1. The van der Waals surface area contributed by atoms with Crippen LogP contribution in [-0.4, -0.2) is 47.0 Å². The minimum Gasteiger partial charge on any atom is -0.481 e. The van der Waals surface area contributed by atoms with Gasteiger partial charge in [-0.3, -0.25) is 14.6 Å². The molecule has 1 aliphatic rings. The molecule has 25 heavy (non-hydrogen) atoms. The van der Waals surface area contributed by atoms with Crippen LogP contribution in [0.2, 0.25) is 0 Å². The lowest BCUT2D eigenvalue weighted by molar-refractivity contribution is -0.140. The zero-order chi connectivity index (χ0) is 17.8. The number of carboxylic acids is 1. The summed E-state index contributed by atoms with van der Waals surface area (Å²) in [6.45, 7) is 1.24. The molecule has 3 rings (SSSR count). The zero-order valence-corrected chi connectivity index (χ0v) is 14.1. The molecule has 0 saturated heterocycles. The van der Waals surface area contributed by atoms with E-state index in [-0.39, 0.29) is 5.91 Å². The third-order valence-electron chi connectivity index (χ3n) is 4.56. The first-order valence-corrected chi connectivity index (χ1v) is 8.32. The number of amides is 1. The minimum atomic E-state index is -0.938. The van der Waals surface area contributed by atoms with Gasteiger partial charge in [-0.15, -0.1) is 0 Å². The van der Waals surface area contributed by atoms with Crippen molar-refractivity contribution in [2.45, 2.75) is 18.4 Å². The summed E-state index contributed by atoms with van der Waals surface area (Å²) in [5.41, 5.74) is 1.78. The van der Waals surface area contributed by atoms with Crippen LogP contribution in [0, 0.1) is 0 Å². The van der Waals surface area contributed by atoms with Gasteiger partial charge >= 0.3 is 5.97 Å². The van der Waals surface area contributed by atoms with Crippen LogP contribution in [0.5, 0.6) is 0 Å². The Morgan fingerprint density at radius 2 is 2.08 bits per heavy atom. The number of carbonyl (C=O) groups is 2. The van der Waals surface area contributed by atoms with Gasteiger partial charge in [0.2, 0.25) is 0 Å². The first-order valence-electron chi connectivity index (χ1n) is 8.32. The molecular weight excluding hydrogens is 318 g/mol. The number of nitrogens with one attached hydrogen (secondary N) is 1. The molecule has 0 spiro atoms. The van der Waals surface area contributed by atoms with Gasteiger partial charge in [-0.05, 0) is 43.3 Å². The van der Waals surface area contributed by atoms with E-state index in [1.165, 1.54) is 0 Å². The lowest BCUT2D eigenvalue weighted by Gasteiger charge is -2.40. The molecular formula is C19H21N3O3. The zero-order valence-electron chi connectivity index (χ0n) is 14.1. The van der Waals surface area contributed by atoms with Crippen molar-refractivity contribution >= 4 is 11.9 Å². The van der Waals surface area contributed by atoms with Gasteiger partial charge in [-0.25, -0.2) is 0 Å². The molecule has 0 unspecified atom stereocenters. The standard InChI is InChI=1S/C19H21N3O3/c1-20-9-5-11-22-17(13-6-4-10-21-12-13)16(19(24)25)14-7-2-3-8-15(14)18(22)23/h2-4,6-8,10,12,16-17,20H,5,9,11H2,1H3,(H,24,25)/t16-,17+/m0/s1. The van der Waals surface area contributed by atoms with E-state index in [0.717, 1.165) is 18.5 Å². The molecule has 2 aromatic rings. The Hall–Kier alpha value is -2.73. The van der Waals surface area contributed by atoms with Crippen LogP contribution in [0.1, 0.15) is 39.9 Å². The Morgan fingerprint density at radius 3 is 2.76 bits per heavy atom. The van der Waals surface area contributed by atoms with Crippen molar-refractivity contribution in [3.05, 3.63) is 65.5 Å². The number of nitrogens with zero attached hydrogens (tertiary/aromatic N) is 2. The number of carboxylic acid groups (broad SMARTS) is 1. The van der Waals surface area contributed by atoms with E-state index >= 15 is 0 Å². The number of hydrogen-bond donors (Lipinski definition) is 2. The third kappa shape index (κ3) is 3.25. The molecule has 2 atom stereocenters. The molecule has 2 N–H and O–H groups in total. The van der Waals surface area contributed by atoms with Crippen molar-refractivity contribution in [2.75, 3.05) is 20.1 Å². The molecule has 0 bridgehead atoms. The number of rotatable bonds is 6. The van der Waals surface area contributed by atoms with Crippen LogP contribution in [0.3, 0.4) is 0 Å². The van der Waals surface area contributed by atoms with E-state index in [1.54, 1.807) is 47.6 Å². The number of aromatic nitrogens is 1. The van der Waals surface area contributed by atoms with E-state index < -0.39 is 17.9 Å². The highest BCUT2D eigenvalue weighted by atomic mass is 16.4. The molecule has 0 aliphatic carbocycles. The predicted molar refractivity (Wildman–Crippen MR) is 93.4 cm³/mol. The average molecular weight is 339 g/mol. The van der Waals surface area contributed by atoms with Crippen molar-refractivity contribution < 1.29 is 14.7 Å². The number of carbonyl (C=O) groups excluding carboxylic acids is 1. The summed E-state index contributed by atoms with van der Waals surface area (Å²) < 4.78 is 0. The summed E-state index contributed by atoms with van der Waals surface area (Å²) >= 11 is 0. The third-order valence-corrected chi connectivity index (χ3v) is 4.56. The fourth-order valence-electron chi connectivity index (χ4n) is 3.45. The second kappa shape index (κ2) is 7.44. The van der Waals surface area contributed by atoms with Crippen molar-refractivity contribution in [3.63, 3.8) is 0 Å². The molecule has 1 aliphatic heterocycles. The van der Waals surface area contributed by atoms with Gasteiger partial charge in [0.15, 0.2) is 0 Å². The number of fused-ring (bicyclic) bond motifs is 1. The van der Waals surface area contributed by atoms with Crippen molar-refractivity contribution in [2.24, 2.45) is 0 Å². The highest BCUT2D eigenvalue weighted by Gasteiger charge is 2.43. The van der Waals surface area contributed by atoms with Gasteiger partial charge in [0.05, 0.1) is 6.04 Å². The maximum absolute atomic E-state index is 13.1. The van der Waals surface area contributed by atoms with E-state index in [2.05, 4.69) is 10.3 Å². The normalized spacial score (nSPS) is 19.6. The van der Waals surface area contributed by atoms with Gasteiger partial charge < -0.3 is 15.3 Å². The fourth-order valence-corrected chi connectivity index (χ4v) is 3.45. The van der Waals surface area contributed by atoms with Gasteiger partial charge in [0.1, 0.15) is 5.92 Å².